The maximum absolute atomic E-state index is 13.9. The summed E-state index contributed by atoms with van der Waals surface area (Å²) in [6.07, 6.45) is 3.36. The second-order valence-electron chi connectivity index (χ2n) is 9.77. The summed E-state index contributed by atoms with van der Waals surface area (Å²) < 4.78 is 21.3. The first-order valence-electron chi connectivity index (χ1n) is 13.1. The Balaban J connectivity index is 1.21. The number of hydrogen-bond donors (Lipinski definition) is 0. The monoisotopic (exact) mass is 549 g/mol. The van der Waals surface area contributed by atoms with E-state index in [0.29, 0.717) is 16.7 Å². The summed E-state index contributed by atoms with van der Waals surface area (Å²) >= 11 is 1.30. The molecule has 40 heavy (non-hydrogen) atoms. The van der Waals surface area contributed by atoms with E-state index < -0.39 is 0 Å². The largest absolute Gasteiger partial charge is 0.461 e. The number of carbonyl (C=O) groups is 1. The van der Waals surface area contributed by atoms with E-state index in [0.717, 1.165) is 35.4 Å². The third-order valence-corrected chi connectivity index (χ3v) is 8.32. The molecule has 0 N–H and O–H groups in total. The zero-order valence-electron chi connectivity index (χ0n) is 21.4. The van der Waals surface area contributed by atoms with Crippen molar-refractivity contribution < 1.29 is 13.6 Å². The number of aryl methyl sites for hydroxylation is 1. The first-order chi connectivity index (χ1) is 19.7. The highest BCUT2D eigenvalue weighted by molar-refractivity contribution is 7.99. The van der Waals surface area contributed by atoms with Crippen molar-refractivity contribution in [2.24, 2.45) is 11.0 Å². The molecule has 1 aliphatic heterocycles. The van der Waals surface area contributed by atoms with Crippen LogP contribution in [0.5, 0.6) is 0 Å². The average Bonchev–Trinajstić information content (AvgIpc) is 3.75. The third-order valence-electron chi connectivity index (χ3n) is 7.41. The Hall–Kier alpha value is -4.50. The van der Waals surface area contributed by atoms with Gasteiger partial charge in [-0.05, 0) is 60.4 Å². The summed E-state index contributed by atoms with van der Waals surface area (Å²) in [6.45, 7) is 0. The van der Waals surface area contributed by atoms with Gasteiger partial charge in [0.2, 0.25) is 5.82 Å². The number of thioether (sulfide) groups is 1. The summed E-state index contributed by atoms with van der Waals surface area (Å²) in [5.74, 6) is 0.817. The fourth-order valence-electron chi connectivity index (χ4n) is 5.60. The van der Waals surface area contributed by atoms with Crippen molar-refractivity contribution in [3.05, 3.63) is 120 Å². The summed E-state index contributed by atoms with van der Waals surface area (Å²) in [6, 6.07) is 27.7. The minimum atomic E-state index is -0.307. The Kier molecular flexibility index (Phi) is 6.28. The number of halogens is 1. The Bertz CT molecular complexity index is 1700. The van der Waals surface area contributed by atoms with Crippen LogP contribution in [0, 0.1) is 11.7 Å². The van der Waals surface area contributed by atoms with E-state index in [1.54, 1.807) is 29.5 Å². The van der Waals surface area contributed by atoms with Crippen molar-refractivity contribution >= 4 is 23.4 Å². The van der Waals surface area contributed by atoms with Gasteiger partial charge in [0.25, 0.3) is 5.91 Å². The van der Waals surface area contributed by atoms with Gasteiger partial charge in [0.05, 0.1) is 23.8 Å². The van der Waals surface area contributed by atoms with Gasteiger partial charge in [-0.3, -0.25) is 9.36 Å². The molecule has 7 rings (SSSR count). The second kappa shape index (κ2) is 10.2. The molecular formula is C31H24FN5O2S. The molecule has 0 fully saturated rings. The lowest BCUT2D eigenvalue weighted by molar-refractivity contribution is -0.130. The third kappa shape index (κ3) is 4.32. The molecule has 1 aliphatic carbocycles. The number of carbonyl (C=O) groups excluding carboxylic acids is 1. The standard InChI is InChI=1S/C31H24FN5O2S/c32-22-15-12-21(13-16-22)29-25-17-14-20-7-4-5-10-24(20)28(25)35-37(29)27(38)19-40-31-34-33-30(26-11-6-18-39-26)36(31)23-8-2-1-3-9-23/h1-13,15-16,18,25,29H,14,17,19H2/t25-,29-/m0/s1. The van der Waals surface area contributed by atoms with Gasteiger partial charge in [-0.1, -0.05) is 66.4 Å². The Morgan fingerprint density at radius 1 is 0.950 bits per heavy atom. The molecule has 2 aliphatic rings. The smallest absolute Gasteiger partial charge is 0.253 e. The number of furan rings is 1. The molecule has 0 saturated carbocycles. The van der Waals surface area contributed by atoms with Gasteiger partial charge < -0.3 is 4.42 Å². The van der Waals surface area contributed by atoms with Crippen LogP contribution in [0.1, 0.15) is 29.2 Å². The van der Waals surface area contributed by atoms with Crippen molar-refractivity contribution in [2.75, 3.05) is 5.75 Å². The van der Waals surface area contributed by atoms with E-state index in [9.17, 15) is 9.18 Å². The lowest BCUT2D eigenvalue weighted by Gasteiger charge is -2.29. The molecule has 2 aromatic heterocycles. The minimum Gasteiger partial charge on any atom is -0.461 e. The summed E-state index contributed by atoms with van der Waals surface area (Å²) in [4.78, 5) is 13.9. The van der Waals surface area contributed by atoms with Gasteiger partial charge >= 0.3 is 0 Å². The molecule has 198 valence electrons. The number of benzene rings is 3. The first kappa shape index (κ1) is 24.5. The fraction of sp³-hybridized carbons (Fsp3) is 0.161. The van der Waals surface area contributed by atoms with Crippen LogP contribution >= 0.6 is 11.8 Å². The van der Waals surface area contributed by atoms with Crippen molar-refractivity contribution in [2.45, 2.75) is 24.0 Å². The minimum absolute atomic E-state index is 0.0350. The van der Waals surface area contributed by atoms with Crippen LogP contribution in [0.15, 0.2) is 112 Å². The quantitative estimate of drug-likeness (QED) is 0.232. The van der Waals surface area contributed by atoms with Gasteiger partial charge in [0, 0.05) is 17.2 Å². The highest BCUT2D eigenvalue weighted by atomic mass is 32.2. The number of amides is 1. The highest BCUT2D eigenvalue weighted by Crippen LogP contribution is 2.43. The van der Waals surface area contributed by atoms with Crippen molar-refractivity contribution in [1.82, 2.24) is 19.8 Å². The van der Waals surface area contributed by atoms with Gasteiger partial charge in [0.1, 0.15) is 5.82 Å². The molecule has 0 saturated heterocycles. The Morgan fingerprint density at radius 2 is 1.75 bits per heavy atom. The molecule has 7 nitrogen and oxygen atoms in total. The zero-order chi connectivity index (χ0) is 27.1. The zero-order valence-corrected chi connectivity index (χ0v) is 22.2. The topological polar surface area (TPSA) is 76.5 Å². The van der Waals surface area contributed by atoms with E-state index in [4.69, 9.17) is 9.52 Å². The molecule has 3 aromatic carbocycles. The summed E-state index contributed by atoms with van der Waals surface area (Å²) in [5, 5.41) is 15.8. The molecule has 0 radical (unpaired) electrons. The number of rotatable bonds is 6. The molecule has 9 heteroatoms. The van der Waals surface area contributed by atoms with Gasteiger partial charge in [-0.25, -0.2) is 9.40 Å². The molecule has 3 heterocycles. The number of hydrazone groups is 1. The average molecular weight is 550 g/mol. The number of fused-ring (bicyclic) bond motifs is 3. The normalized spacial score (nSPS) is 17.8. The van der Waals surface area contributed by atoms with Crippen molar-refractivity contribution in [1.29, 1.82) is 0 Å². The summed E-state index contributed by atoms with van der Waals surface area (Å²) in [7, 11) is 0. The van der Waals surface area contributed by atoms with Crippen LogP contribution in [-0.2, 0) is 11.2 Å². The van der Waals surface area contributed by atoms with Crippen molar-refractivity contribution in [3.63, 3.8) is 0 Å². The SMILES string of the molecule is O=C(CSc1nnc(-c2ccco2)n1-c1ccccc1)N1N=C2c3ccccc3CC[C@@H]2[C@@H]1c1ccc(F)cc1. The maximum Gasteiger partial charge on any atom is 0.253 e. The number of aromatic nitrogens is 3. The van der Waals surface area contributed by atoms with E-state index in [1.165, 1.54) is 29.5 Å². The molecule has 5 aromatic rings. The summed E-state index contributed by atoms with van der Waals surface area (Å²) in [5.41, 5.74) is 4.97. The van der Waals surface area contributed by atoms with Crippen LogP contribution in [0.25, 0.3) is 17.3 Å². The molecule has 0 unspecified atom stereocenters. The Morgan fingerprint density at radius 3 is 2.55 bits per heavy atom. The molecule has 0 spiro atoms. The Labute approximate surface area is 234 Å². The van der Waals surface area contributed by atoms with Crippen LogP contribution in [0.3, 0.4) is 0 Å². The van der Waals surface area contributed by atoms with E-state index in [2.05, 4.69) is 22.3 Å². The van der Waals surface area contributed by atoms with E-state index in [1.807, 2.05) is 53.1 Å². The predicted molar refractivity (Wildman–Crippen MR) is 151 cm³/mol. The number of para-hydroxylation sites is 1. The maximum atomic E-state index is 13.9. The predicted octanol–water partition coefficient (Wildman–Crippen LogP) is 6.31. The van der Waals surface area contributed by atoms with Crippen LogP contribution in [-0.4, -0.2) is 37.1 Å². The van der Waals surface area contributed by atoms with Gasteiger partial charge in [0.15, 0.2) is 10.9 Å². The lowest BCUT2D eigenvalue weighted by atomic mass is 9.77. The van der Waals surface area contributed by atoms with Crippen molar-refractivity contribution in [3.8, 4) is 17.3 Å². The molecule has 1 amide bonds. The number of nitrogens with zero attached hydrogens (tertiary/aromatic N) is 5. The molecule has 2 atom stereocenters. The molecular weight excluding hydrogens is 525 g/mol. The van der Waals surface area contributed by atoms with Gasteiger partial charge in [-0.2, -0.15) is 5.10 Å². The second-order valence-corrected chi connectivity index (χ2v) is 10.7. The van der Waals surface area contributed by atoms with Crippen LogP contribution in [0.2, 0.25) is 0 Å². The fourth-order valence-corrected chi connectivity index (χ4v) is 6.40. The van der Waals surface area contributed by atoms with Gasteiger partial charge in [-0.15, -0.1) is 10.2 Å². The highest BCUT2D eigenvalue weighted by Gasteiger charge is 2.43. The first-order valence-corrected chi connectivity index (χ1v) is 14.1. The van der Waals surface area contributed by atoms with Crippen LogP contribution < -0.4 is 0 Å². The van der Waals surface area contributed by atoms with E-state index >= 15 is 0 Å². The van der Waals surface area contributed by atoms with Crippen LogP contribution in [0.4, 0.5) is 4.39 Å². The lowest BCUT2D eigenvalue weighted by Crippen LogP contribution is -2.33. The number of hydrogen-bond acceptors (Lipinski definition) is 6. The van der Waals surface area contributed by atoms with E-state index in [-0.39, 0.29) is 29.4 Å². The molecule has 0 bridgehead atoms.